The molecule has 3 rings (SSSR count). The van der Waals surface area contributed by atoms with Crippen molar-refractivity contribution in [2.24, 2.45) is 0 Å². The third kappa shape index (κ3) is 5.45. The second-order valence-electron chi connectivity index (χ2n) is 6.39. The topological polar surface area (TPSA) is 64.6 Å². The number of benzene rings is 2. The average molecular weight is 410 g/mol. The molecule has 1 heterocycles. The third-order valence-corrected chi connectivity index (χ3v) is 5.57. The summed E-state index contributed by atoms with van der Waals surface area (Å²) >= 11 is 1.38. The van der Waals surface area contributed by atoms with Gasteiger partial charge in [-0.25, -0.2) is 4.79 Å². The molecule has 0 aliphatic heterocycles. The Kier molecular flexibility index (Phi) is 7.03. The predicted molar refractivity (Wildman–Crippen MR) is 115 cm³/mol. The van der Waals surface area contributed by atoms with Crippen LogP contribution in [0.25, 0.3) is 0 Å². The quantitative estimate of drug-likeness (QED) is 0.526. The minimum Gasteiger partial charge on any atom is -0.484 e. The molecule has 0 aliphatic carbocycles. The van der Waals surface area contributed by atoms with Crippen LogP contribution < -0.4 is 10.1 Å². The first-order valence-corrected chi connectivity index (χ1v) is 10.2. The summed E-state index contributed by atoms with van der Waals surface area (Å²) in [6.07, 6.45) is 0. The van der Waals surface area contributed by atoms with Crippen LogP contribution in [0.4, 0.5) is 5.00 Å². The summed E-state index contributed by atoms with van der Waals surface area (Å²) < 4.78 is 10.7. The molecule has 1 atom stereocenters. The molecular formula is C23H23NO4S. The fraction of sp³-hybridized carbons (Fsp3) is 0.217. The van der Waals surface area contributed by atoms with Crippen LogP contribution in [-0.4, -0.2) is 25.1 Å². The smallest absolute Gasteiger partial charge is 0.341 e. The molecule has 0 spiro atoms. The highest BCUT2D eigenvalue weighted by atomic mass is 32.1. The van der Waals surface area contributed by atoms with Crippen molar-refractivity contribution in [3.63, 3.8) is 0 Å². The molecule has 6 heteroatoms. The fourth-order valence-corrected chi connectivity index (χ4v) is 3.95. The highest BCUT2D eigenvalue weighted by molar-refractivity contribution is 7.16. The Morgan fingerprint density at radius 2 is 1.69 bits per heavy atom. The molecule has 1 unspecified atom stereocenters. The molecule has 1 aromatic heterocycles. The van der Waals surface area contributed by atoms with E-state index in [0.29, 0.717) is 16.3 Å². The van der Waals surface area contributed by atoms with Gasteiger partial charge in [-0.1, -0.05) is 55.5 Å². The maximum Gasteiger partial charge on any atom is 0.341 e. The number of ether oxygens (including phenoxy) is 2. The summed E-state index contributed by atoms with van der Waals surface area (Å²) in [5.74, 6) is -0.0897. The zero-order chi connectivity index (χ0) is 20.6. The second-order valence-corrected chi connectivity index (χ2v) is 7.48. The number of carbonyl (C=O) groups is 2. The van der Waals surface area contributed by atoms with Crippen molar-refractivity contribution in [3.8, 4) is 5.75 Å². The summed E-state index contributed by atoms with van der Waals surface area (Å²) in [6, 6.07) is 20.9. The lowest BCUT2D eigenvalue weighted by molar-refractivity contribution is -0.118. The van der Waals surface area contributed by atoms with E-state index in [-0.39, 0.29) is 25.0 Å². The van der Waals surface area contributed by atoms with E-state index in [9.17, 15) is 9.59 Å². The van der Waals surface area contributed by atoms with Gasteiger partial charge in [-0.05, 0) is 30.7 Å². The van der Waals surface area contributed by atoms with Crippen LogP contribution in [0.1, 0.15) is 40.6 Å². The molecule has 0 bridgehead atoms. The highest BCUT2D eigenvalue weighted by Crippen LogP contribution is 2.36. The number of anilines is 1. The average Bonchev–Trinajstić information content (AvgIpc) is 3.17. The van der Waals surface area contributed by atoms with E-state index in [2.05, 4.69) is 12.2 Å². The molecular weight excluding hydrogens is 386 g/mol. The summed E-state index contributed by atoms with van der Waals surface area (Å²) in [4.78, 5) is 25.8. The van der Waals surface area contributed by atoms with Gasteiger partial charge in [0.2, 0.25) is 0 Å². The van der Waals surface area contributed by atoms with Gasteiger partial charge in [0.05, 0.1) is 12.2 Å². The Hall–Kier alpha value is -3.12. The number of para-hydroxylation sites is 1. The maximum atomic E-state index is 12.4. The first kappa shape index (κ1) is 20.6. The van der Waals surface area contributed by atoms with Crippen LogP contribution in [0, 0.1) is 0 Å². The zero-order valence-corrected chi connectivity index (χ0v) is 17.2. The summed E-state index contributed by atoms with van der Waals surface area (Å²) in [6.45, 7) is 3.94. The van der Waals surface area contributed by atoms with Gasteiger partial charge >= 0.3 is 5.97 Å². The summed E-state index contributed by atoms with van der Waals surface area (Å²) in [5.41, 5.74) is 1.50. The van der Waals surface area contributed by atoms with Crippen LogP contribution in [0.3, 0.4) is 0 Å². The fourth-order valence-electron chi connectivity index (χ4n) is 2.81. The Bertz CT molecular complexity index is 954. The van der Waals surface area contributed by atoms with Crippen molar-refractivity contribution in [1.29, 1.82) is 0 Å². The number of amides is 1. The van der Waals surface area contributed by atoms with Gasteiger partial charge in [-0.15, -0.1) is 11.3 Å². The Balaban J connectivity index is 1.77. The van der Waals surface area contributed by atoms with Crippen LogP contribution in [0.15, 0.2) is 66.7 Å². The summed E-state index contributed by atoms with van der Waals surface area (Å²) in [5, 5.41) is 3.28. The number of thiophene rings is 1. The molecule has 0 saturated heterocycles. The van der Waals surface area contributed by atoms with Crippen molar-refractivity contribution in [2.45, 2.75) is 19.8 Å². The van der Waals surface area contributed by atoms with Crippen LogP contribution in [0.5, 0.6) is 5.75 Å². The van der Waals surface area contributed by atoms with Gasteiger partial charge in [0.25, 0.3) is 5.91 Å². The van der Waals surface area contributed by atoms with E-state index >= 15 is 0 Å². The van der Waals surface area contributed by atoms with E-state index in [1.54, 1.807) is 25.1 Å². The number of hydrogen-bond donors (Lipinski definition) is 1. The Morgan fingerprint density at radius 1 is 1.03 bits per heavy atom. The van der Waals surface area contributed by atoms with Gasteiger partial charge in [-0.2, -0.15) is 0 Å². The first-order valence-electron chi connectivity index (χ1n) is 9.42. The van der Waals surface area contributed by atoms with E-state index < -0.39 is 5.97 Å². The van der Waals surface area contributed by atoms with E-state index in [4.69, 9.17) is 9.47 Å². The molecule has 3 aromatic rings. The molecule has 2 aromatic carbocycles. The van der Waals surface area contributed by atoms with Gasteiger partial charge in [0.15, 0.2) is 6.61 Å². The minimum atomic E-state index is -0.450. The second kappa shape index (κ2) is 9.89. The van der Waals surface area contributed by atoms with Gasteiger partial charge in [0.1, 0.15) is 10.8 Å². The molecule has 0 aliphatic rings. The van der Waals surface area contributed by atoms with Crippen LogP contribution >= 0.6 is 11.3 Å². The molecule has 150 valence electrons. The van der Waals surface area contributed by atoms with Crippen LogP contribution in [0.2, 0.25) is 0 Å². The number of hydrogen-bond acceptors (Lipinski definition) is 5. The van der Waals surface area contributed by atoms with Gasteiger partial charge in [0, 0.05) is 10.8 Å². The number of rotatable bonds is 8. The lowest BCUT2D eigenvalue weighted by Crippen LogP contribution is -2.21. The van der Waals surface area contributed by atoms with E-state index in [1.807, 2.05) is 48.5 Å². The first-order chi connectivity index (χ1) is 14.1. The van der Waals surface area contributed by atoms with Crippen molar-refractivity contribution >= 4 is 28.2 Å². The zero-order valence-electron chi connectivity index (χ0n) is 16.4. The van der Waals surface area contributed by atoms with Crippen molar-refractivity contribution < 1.29 is 19.1 Å². The molecule has 1 amide bonds. The summed E-state index contributed by atoms with van der Waals surface area (Å²) in [7, 11) is 0. The van der Waals surface area contributed by atoms with Crippen molar-refractivity contribution in [1.82, 2.24) is 0 Å². The highest BCUT2D eigenvalue weighted by Gasteiger charge is 2.22. The van der Waals surface area contributed by atoms with E-state index in [1.165, 1.54) is 11.3 Å². The van der Waals surface area contributed by atoms with E-state index in [0.717, 1.165) is 10.4 Å². The molecule has 1 N–H and O–H groups in total. The van der Waals surface area contributed by atoms with Gasteiger partial charge < -0.3 is 14.8 Å². The number of carbonyl (C=O) groups excluding carboxylic acids is 2. The third-order valence-electron chi connectivity index (χ3n) is 4.34. The largest absolute Gasteiger partial charge is 0.484 e. The van der Waals surface area contributed by atoms with Crippen molar-refractivity contribution in [3.05, 3.63) is 82.7 Å². The van der Waals surface area contributed by atoms with Crippen LogP contribution in [-0.2, 0) is 9.53 Å². The lowest BCUT2D eigenvalue weighted by atomic mass is 9.99. The monoisotopic (exact) mass is 409 g/mol. The molecule has 5 nitrogen and oxygen atoms in total. The van der Waals surface area contributed by atoms with Gasteiger partial charge in [-0.3, -0.25) is 4.79 Å². The maximum absolute atomic E-state index is 12.4. The Labute approximate surface area is 174 Å². The molecule has 0 fully saturated rings. The number of nitrogens with one attached hydrogen (secondary N) is 1. The standard InChI is InChI=1S/C23H23NO4S/c1-3-27-23(26)19-14-20(16(2)17-10-6-4-7-11-17)29-22(19)24-21(25)15-28-18-12-8-5-9-13-18/h4-14,16H,3,15H2,1-2H3,(H,24,25). The predicted octanol–water partition coefficient (Wildman–Crippen LogP) is 5.09. The molecule has 0 saturated carbocycles. The minimum absolute atomic E-state index is 0.0839. The normalized spacial score (nSPS) is 11.5. The lowest BCUT2D eigenvalue weighted by Gasteiger charge is -2.09. The number of esters is 1. The SMILES string of the molecule is CCOC(=O)c1cc(C(C)c2ccccc2)sc1NC(=O)COc1ccccc1. The Morgan fingerprint density at radius 3 is 2.34 bits per heavy atom. The van der Waals surface area contributed by atoms with Crippen molar-refractivity contribution in [2.75, 3.05) is 18.5 Å². The molecule has 0 radical (unpaired) electrons. The molecule has 29 heavy (non-hydrogen) atoms.